The zero-order valence-corrected chi connectivity index (χ0v) is 8.93. The summed E-state index contributed by atoms with van der Waals surface area (Å²) >= 11 is 0. The summed E-state index contributed by atoms with van der Waals surface area (Å²) in [6.07, 6.45) is -1.08. The molecule has 0 amide bonds. The predicted octanol–water partition coefficient (Wildman–Crippen LogP) is -0.865. The molecule has 0 aliphatic rings. The van der Waals surface area contributed by atoms with Crippen LogP contribution in [0.2, 0.25) is 0 Å². The average Bonchev–Trinajstić information content (AvgIpc) is 1.77. The lowest BCUT2D eigenvalue weighted by Crippen LogP contribution is -2.12. The molecular weight excluding hydrogens is 245 g/mol. The van der Waals surface area contributed by atoms with E-state index in [0.717, 1.165) is 0 Å². The Morgan fingerprint density at radius 1 is 1.08 bits per heavy atom. The fourth-order valence-corrected chi connectivity index (χ4v) is 5.31. The minimum absolute atomic E-state index is 1.08. The Labute approximate surface area is 73.8 Å². The first kappa shape index (κ1) is 13.5. The van der Waals surface area contributed by atoms with Crippen LogP contribution in [0.15, 0.2) is 0 Å². The summed E-state index contributed by atoms with van der Waals surface area (Å²) in [7, 11) is -13.4. The molecule has 0 aromatic heterocycles. The van der Waals surface area contributed by atoms with Crippen LogP contribution in [0.4, 0.5) is 0 Å². The number of hydrogen-bond acceptors (Lipinski definition) is 3. The van der Waals surface area contributed by atoms with E-state index in [1.54, 1.807) is 0 Å². The molecule has 0 fully saturated rings. The van der Waals surface area contributed by atoms with Crippen LogP contribution in [0.5, 0.6) is 0 Å². The zero-order valence-electron chi connectivity index (χ0n) is 6.14. The van der Waals surface area contributed by atoms with Crippen LogP contribution in [0.25, 0.3) is 0 Å². The topological polar surface area (TPSA) is 152 Å². The molecular formula is C2H9O8P3. The lowest BCUT2D eigenvalue weighted by Gasteiger charge is -2.17. The highest BCUT2D eigenvalue weighted by molar-refractivity contribution is 7.71. The summed E-state index contributed by atoms with van der Waals surface area (Å²) in [4.78, 5) is 42.1. The predicted molar refractivity (Wildman–Crippen MR) is 44.0 cm³/mol. The number of rotatable bonds is 4. The molecule has 1 atom stereocenters. The van der Waals surface area contributed by atoms with Gasteiger partial charge < -0.3 is 24.5 Å². The minimum Gasteiger partial charge on any atom is -0.346 e. The van der Waals surface area contributed by atoms with Crippen LogP contribution in [0.1, 0.15) is 0 Å². The molecule has 0 aliphatic heterocycles. The van der Waals surface area contributed by atoms with Gasteiger partial charge in [-0.3, -0.25) is 13.7 Å². The van der Waals surface area contributed by atoms with Crippen LogP contribution in [-0.2, 0) is 13.7 Å². The van der Waals surface area contributed by atoms with Gasteiger partial charge in [0.2, 0.25) is 0 Å². The molecule has 0 aliphatic carbocycles. The van der Waals surface area contributed by atoms with E-state index in [1.807, 2.05) is 0 Å². The van der Waals surface area contributed by atoms with Gasteiger partial charge in [0.1, 0.15) is 0 Å². The van der Waals surface area contributed by atoms with E-state index >= 15 is 0 Å². The maximum absolute atomic E-state index is 10.5. The standard InChI is InChI=1S/C2H9O8P3/c3-11(4)1-2(12(5,6)7)13(8,9)10/h2,11H,1H2,(H,3,4)(H2,5,6,7)(H2,8,9,10). The number of hydrogen-bond donors (Lipinski definition) is 5. The van der Waals surface area contributed by atoms with Gasteiger partial charge in [-0.15, -0.1) is 0 Å². The SMILES string of the molecule is O=[PH](O)CC(P(=O)(O)O)P(=O)(O)O. The molecule has 0 radical (unpaired) electrons. The molecule has 0 saturated carbocycles. The van der Waals surface area contributed by atoms with Gasteiger partial charge in [-0.1, -0.05) is 0 Å². The maximum atomic E-state index is 10.5. The molecule has 0 saturated heterocycles. The summed E-state index contributed by atoms with van der Waals surface area (Å²) in [6, 6.07) is 0. The second-order valence-electron chi connectivity index (χ2n) is 2.26. The van der Waals surface area contributed by atoms with Crippen molar-refractivity contribution in [2.45, 2.75) is 5.40 Å². The van der Waals surface area contributed by atoms with Crippen molar-refractivity contribution in [1.82, 2.24) is 0 Å². The Morgan fingerprint density at radius 3 is 1.46 bits per heavy atom. The first-order valence-electron chi connectivity index (χ1n) is 2.87. The van der Waals surface area contributed by atoms with E-state index < -0.39 is 34.8 Å². The summed E-state index contributed by atoms with van der Waals surface area (Å²) in [5.74, 6) is 0. The van der Waals surface area contributed by atoms with Gasteiger partial charge >= 0.3 is 15.2 Å². The Hall–Kier alpha value is 0.490. The molecule has 0 aromatic carbocycles. The second-order valence-corrected chi connectivity index (χ2v) is 7.46. The van der Waals surface area contributed by atoms with Crippen LogP contribution in [-0.4, -0.2) is 36.0 Å². The molecule has 0 heterocycles. The Balaban J connectivity index is 4.90. The Morgan fingerprint density at radius 2 is 1.38 bits per heavy atom. The van der Waals surface area contributed by atoms with Crippen LogP contribution < -0.4 is 0 Å². The van der Waals surface area contributed by atoms with E-state index in [4.69, 9.17) is 24.5 Å². The maximum Gasteiger partial charge on any atom is 0.341 e. The lowest BCUT2D eigenvalue weighted by molar-refractivity contribution is 0.341. The molecule has 0 rings (SSSR count). The third-order valence-corrected chi connectivity index (χ3v) is 6.30. The summed E-state index contributed by atoms with van der Waals surface area (Å²) in [5.41, 5.74) is 0. The van der Waals surface area contributed by atoms with E-state index in [0.29, 0.717) is 0 Å². The molecule has 0 spiro atoms. The summed E-state index contributed by atoms with van der Waals surface area (Å²) < 4.78 is 31.2. The first-order chi connectivity index (χ1) is 5.55. The van der Waals surface area contributed by atoms with Gasteiger partial charge in [-0.05, 0) is 0 Å². The molecule has 5 N–H and O–H groups in total. The molecule has 0 bridgehead atoms. The van der Waals surface area contributed by atoms with E-state index in [2.05, 4.69) is 0 Å². The molecule has 0 aromatic rings. The van der Waals surface area contributed by atoms with E-state index in [1.165, 1.54) is 0 Å². The van der Waals surface area contributed by atoms with Crippen molar-refractivity contribution in [2.24, 2.45) is 0 Å². The van der Waals surface area contributed by atoms with E-state index in [-0.39, 0.29) is 0 Å². The zero-order chi connectivity index (χ0) is 10.9. The fraction of sp³-hybridized carbons (Fsp3) is 1.00. The third kappa shape index (κ3) is 5.05. The Kier molecular flexibility index (Phi) is 4.50. The molecule has 1 unspecified atom stereocenters. The van der Waals surface area contributed by atoms with Gasteiger partial charge in [0.25, 0.3) is 0 Å². The van der Waals surface area contributed by atoms with E-state index in [9.17, 15) is 13.7 Å². The Bertz CT molecular complexity index is 262. The largest absolute Gasteiger partial charge is 0.346 e. The molecule has 8 nitrogen and oxygen atoms in total. The molecule has 11 heteroatoms. The van der Waals surface area contributed by atoms with Crippen molar-refractivity contribution < 1.29 is 38.2 Å². The van der Waals surface area contributed by atoms with Gasteiger partial charge in [-0.25, -0.2) is 0 Å². The minimum atomic E-state index is -5.05. The van der Waals surface area contributed by atoms with Crippen molar-refractivity contribution in [2.75, 3.05) is 6.16 Å². The fourth-order valence-electron chi connectivity index (χ4n) is 0.590. The van der Waals surface area contributed by atoms with Crippen molar-refractivity contribution in [1.29, 1.82) is 0 Å². The van der Waals surface area contributed by atoms with Gasteiger partial charge in [0.05, 0.1) is 0 Å². The van der Waals surface area contributed by atoms with Crippen molar-refractivity contribution in [3.63, 3.8) is 0 Å². The van der Waals surface area contributed by atoms with Crippen molar-refractivity contribution in [3.05, 3.63) is 0 Å². The molecule has 80 valence electrons. The lowest BCUT2D eigenvalue weighted by atomic mass is 10.9. The first-order valence-corrected chi connectivity index (χ1v) is 7.80. The van der Waals surface area contributed by atoms with Crippen LogP contribution >= 0.6 is 23.2 Å². The van der Waals surface area contributed by atoms with Crippen LogP contribution in [0, 0.1) is 0 Å². The highest BCUT2D eigenvalue weighted by Crippen LogP contribution is 2.61. The average molecular weight is 254 g/mol. The van der Waals surface area contributed by atoms with Crippen LogP contribution in [0.3, 0.4) is 0 Å². The third-order valence-electron chi connectivity index (χ3n) is 1.13. The van der Waals surface area contributed by atoms with Crippen molar-refractivity contribution >= 4 is 23.2 Å². The smallest absolute Gasteiger partial charge is 0.341 e. The van der Waals surface area contributed by atoms with Gasteiger partial charge in [0.15, 0.2) is 13.4 Å². The molecule has 13 heavy (non-hydrogen) atoms. The second kappa shape index (κ2) is 4.34. The highest BCUT2D eigenvalue weighted by atomic mass is 31.2. The normalized spacial score (nSPS) is 16.2. The van der Waals surface area contributed by atoms with Gasteiger partial charge in [-0.2, -0.15) is 0 Å². The summed E-state index contributed by atoms with van der Waals surface area (Å²) in [5, 5.41) is -2.38. The monoisotopic (exact) mass is 254 g/mol. The van der Waals surface area contributed by atoms with Gasteiger partial charge in [0, 0.05) is 6.16 Å². The quantitative estimate of drug-likeness (QED) is 0.406. The van der Waals surface area contributed by atoms with Crippen molar-refractivity contribution in [3.8, 4) is 0 Å². The highest BCUT2D eigenvalue weighted by Gasteiger charge is 2.43. The summed E-state index contributed by atoms with van der Waals surface area (Å²) in [6.45, 7) is 0.